The Labute approximate surface area is 178 Å². The number of rotatable bonds is 4. The van der Waals surface area contributed by atoms with Gasteiger partial charge in [0, 0.05) is 30.4 Å². The Balaban J connectivity index is 1.44. The fourth-order valence-corrected chi connectivity index (χ4v) is 5.47. The third kappa shape index (κ3) is 3.33. The largest absolute Gasteiger partial charge is 0.332 e. The molecule has 0 bridgehead atoms. The molecule has 30 heavy (non-hydrogen) atoms. The van der Waals surface area contributed by atoms with E-state index >= 15 is 0 Å². The zero-order valence-corrected chi connectivity index (χ0v) is 18.1. The number of likely N-dealkylation sites (tertiary alicyclic amines) is 1. The topological polar surface area (TPSA) is 73.0 Å². The molecule has 1 atom stereocenters. The maximum Gasteiger partial charge on any atom is 0.332 e. The van der Waals surface area contributed by atoms with Crippen molar-refractivity contribution in [3.8, 4) is 0 Å². The maximum absolute atomic E-state index is 12.8. The quantitative estimate of drug-likeness (QED) is 0.601. The third-order valence-corrected chi connectivity index (χ3v) is 7.14. The van der Waals surface area contributed by atoms with E-state index in [1.165, 1.54) is 27.1 Å². The van der Waals surface area contributed by atoms with Crippen LogP contribution in [0.25, 0.3) is 0 Å². The molecule has 0 aliphatic carbocycles. The van der Waals surface area contributed by atoms with E-state index in [0.717, 1.165) is 49.0 Å². The molecule has 3 aromatic rings. The van der Waals surface area contributed by atoms with Crippen LogP contribution >= 0.6 is 11.3 Å². The molecule has 4 heterocycles. The van der Waals surface area contributed by atoms with E-state index in [2.05, 4.69) is 41.1 Å². The van der Waals surface area contributed by atoms with Gasteiger partial charge in [0.25, 0.3) is 0 Å². The van der Waals surface area contributed by atoms with Gasteiger partial charge >= 0.3 is 11.1 Å². The average Bonchev–Trinajstić information content (AvgIpc) is 3.40. The summed E-state index contributed by atoms with van der Waals surface area (Å²) in [6.45, 7) is 7.58. The van der Waals surface area contributed by atoms with Crippen molar-refractivity contribution < 1.29 is 0 Å². The Hall–Kier alpha value is -2.58. The van der Waals surface area contributed by atoms with Crippen LogP contribution in [0.15, 0.2) is 39.2 Å². The molecule has 7 nitrogen and oxygen atoms in total. The molecule has 0 amide bonds. The van der Waals surface area contributed by atoms with Crippen molar-refractivity contribution in [3.63, 3.8) is 0 Å². The molecule has 0 saturated carbocycles. The van der Waals surface area contributed by atoms with Gasteiger partial charge in [0.05, 0.1) is 17.2 Å². The number of aryl methyl sites for hydroxylation is 2. The Morgan fingerprint density at radius 2 is 1.93 bits per heavy atom. The maximum atomic E-state index is 12.8. The summed E-state index contributed by atoms with van der Waals surface area (Å²) in [6.07, 6.45) is 1.82. The molecular formula is C22H25N5O2S. The second-order valence-corrected chi connectivity index (χ2v) is 9.64. The lowest BCUT2D eigenvalue weighted by atomic mass is 9.85. The third-order valence-electron chi connectivity index (χ3n) is 6.32. The molecule has 0 N–H and O–H groups in total. The summed E-state index contributed by atoms with van der Waals surface area (Å²) in [5.74, 6) is 0.769. The van der Waals surface area contributed by atoms with Crippen molar-refractivity contribution in [3.05, 3.63) is 78.0 Å². The number of hydrogen-bond donors (Lipinski definition) is 0. The molecule has 1 saturated heterocycles. The fraction of sp³-hybridized carbons (Fsp3) is 0.455. The fourth-order valence-electron chi connectivity index (χ4n) is 4.86. The monoisotopic (exact) mass is 423 g/mol. The van der Waals surface area contributed by atoms with Crippen molar-refractivity contribution in [2.45, 2.75) is 51.7 Å². The highest BCUT2D eigenvalue weighted by Gasteiger charge is 2.47. The molecule has 0 radical (unpaired) electrons. The lowest BCUT2D eigenvalue weighted by molar-refractivity contribution is 0.298. The van der Waals surface area contributed by atoms with Crippen LogP contribution in [0.2, 0.25) is 0 Å². The summed E-state index contributed by atoms with van der Waals surface area (Å²) in [5.41, 5.74) is 2.17. The highest BCUT2D eigenvalue weighted by molar-refractivity contribution is 7.09. The van der Waals surface area contributed by atoms with Gasteiger partial charge in [-0.05, 0) is 38.8 Å². The smallest absolute Gasteiger partial charge is 0.298 e. The van der Waals surface area contributed by atoms with Gasteiger partial charge in [-0.1, -0.05) is 29.8 Å². The first kappa shape index (κ1) is 19.4. The Morgan fingerprint density at radius 1 is 1.10 bits per heavy atom. The summed E-state index contributed by atoms with van der Waals surface area (Å²) in [4.78, 5) is 32.3. The zero-order valence-electron chi connectivity index (χ0n) is 17.3. The second-order valence-electron chi connectivity index (χ2n) is 8.58. The lowest BCUT2D eigenvalue weighted by Crippen LogP contribution is -2.45. The van der Waals surface area contributed by atoms with Gasteiger partial charge in [-0.25, -0.2) is 9.67 Å². The standard InChI is InChI=1S/C22H25N5O2S/c1-15-4-3-5-17(10-15)11-25-8-6-22(14-25)7-9-26-19(28)20(29)27(24-21(22)26)12-18-13-30-16(2)23-18/h3-5,10,13H,6-9,11-12,14H2,1-2H3/t22-/m0/s1. The number of hydrogen-bond acceptors (Lipinski definition) is 6. The summed E-state index contributed by atoms with van der Waals surface area (Å²) in [6, 6.07) is 8.60. The van der Waals surface area contributed by atoms with Crippen molar-refractivity contribution in [1.29, 1.82) is 0 Å². The minimum Gasteiger partial charge on any atom is -0.298 e. The lowest BCUT2D eigenvalue weighted by Gasteiger charge is -2.24. The number of benzene rings is 1. The van der Waals surface area contributed by atoms with Crippen molar-refractivity contribution in [1.82, 2.24) is 24.2 Å². The molecule has 1 fully saturated rings. The molecule has 2 aliphatic rings. The summed E-state index contributed by atoms with van der Waals surface area (Å²) in [7, 11) is 0. The van der Waals surface area contributed by atoms with Gasteiger partial charge in [-0.15, -0.1) is 11.3 Å². The Kier molecular flexibility index (Phi) is 4.71. The Morgan fingerprint density at radius 3 is 2.70 bits per heavy atom. The van der Waals surface area contributed by atoms with E-state index in [9.17, 15) is 9.59 Å². The summed E-state index contributed by atoms with van der Waals surface area (Å²) in [5, 5.41) is 7.57. The van der Waals surface area contributed by atoms with Gasteiger partial charge < -0.3 is 0 Å². The number of thiazole rings is 1. The molecule has 2 aliphatic heterocycles. The van der Waals surface area contributed by atoms with E-state index in [1.807, 2.05) is 12.3 Å². The first-order chi connectivity index (χ1) is 14.4. The molecule has 1 spiro atoms. The molecule has 8 heteroatoms. The molecule has 156 valence electrons. The van der Waals surface area contributed by atoms with Crippen LogP contribution in [0, 0.1) is 13.8 Å². The van der Waals surface area contributed by atoms with Crippen molar-refractivity contribution in [2.24, 2.45) is 0 Å². The summed E-state index contributed by atoms with van der Waals surface area (Å²) >= 11 is 1.54. The average molecular weight is 424 g/mol. The predicted octanol–water partition coefficient (Wildman–Crippen LogP) is 2.07. The van der Waals surface area contributed by atoms with E-state index in [-0.39, 0.29) is 12.0 Å². The second kappa shape index (κ2) is 7.28. The van der Waals surface area contributed by atoms with E-state index in [4.69, 9.17) is 5.10 Å². The van der Waals surface area contributed by atoms with Gasteiger partial charge in [-0.3, -0.25) is 19.1 Å². The molecule has 2 aromatic heterocycles. The van der Waals surface area contributed by atoms with Crippen molar-refractivity contribution >= 4 is 11.3 Å². The van der Waals surface area contributed by atoms with Crippen LogP contribution in [-0.2, 0) is 25.0 Å². The first-order valence-corrected chi connectivity index (χ1v) is 11.2. The molecule has 0 unspecified atom stereocenters. The minimum absolute atomic E-state index is 0.156. The van der Waals surface area contributed by atoms with Crippen LogP contribution < -0.4 is 11.1 Å². The zero-order chi connectivity index (χ0) is 20.9. The van der Waals surface area contributed by atoms with E-state index in [1.54, 1.807) is 4.57 Å². The number of aromatic nitrogens is 4. The predicted molar refractivity (Wildman–Crippen MR) is 116 cm³/mol. The summed E-state index contributed by atoms with van der Waals surface area (Å²) < 4.78 is 2.93. The van der Waals surface area contributed by atoms with E-state index < -0.39 is 11.1 Å². The van der Waals surface area contributed by atoms with Crippen LogP contribution in [0.3, 0.4) is 0 Å². The first-order valence-electron chi connectivity index (χ1n) is 10.3. The van der Waals surface area contributed by atoms with E-state index in [0.29, 0.717) is 6.54 Å². The normalized spacial score (nSPS) is 20.9. The van der Waals surface area contributed by atoms with Crippen molar-refractivity contribution in [2.75, 3.05) is 13.1 Å². The van der Waals surface area contributed by atoms with Gasteiger partial charge in [-0.2, -0.15) is 5.10 Å². The minimum atomic E-state index is -0.559. The van der Waals surface area contributed by atoms with Crippen LogP contribution in [0.4, 0.5) is 0 Å². The number of nitrogens with zero attached hydrogens (tertiary/aromatic N) is 5. The van der Waals surface area contributed by atoms with Gasteiger partial charge in [0.15, 0.2) is 0 Å². The van der Waals surface area contributed by atoms with Gasteiger partial charge in [0.1, 0.15) is 5.82 Å². The molecular weight excluding hydrogens is 398 g/mol. The molecule has 1 aromatic carbocycles. The SMILES string of the molecule is Cc1cccc(CN2CC[C@]3(CCn4c3nn(Cc3csc(C)n3)c(=O)c4=O)C2)c1. The number of fused-ring (bicyclic) bond motifs is 2. The Bertz CT molecular complexity index is 1230. The highest BCUT2D eigenvalue weighted by atomic mass is 32.1. The van der Waals surface area contributed by atoms with Crippen LogP contribution in [0.5, 0.6) is 0 Å². The molecule has 5 rings (SSSR count). The van der Waals surface area contributed by atoms with Crippen LogP contribution in [0.1, 0.15) is 40.5 Å². The van der Waals surface area contributed by atoms with Gasteiger partial charge in [0.2, 0.25) is 0 Å². The highest BCUT2D eigenvalue weighted by Crippen LogP contribution is 2.40. The van der Waals surface area contributed by atoms with Crippen LogP contribution in [-0.4, -0.2) is 37.3 Å².